The van der Waals surface area contributed by atoms with Crippen molar-refractivity contribution < 1.29 is 22.6 Å². The summed E-state index contributed by atoms with van der Waals surface area (Å²) in [6.45, 7) is 6.80. The molecule has 2 heterocycles. The van der Waals surface area contributed by atoms with Crippen molar-refractivity contribution in [2.45, 2.75) is 13.0 Å². The minimum atomic E-state index is -3.75. The first-order valence-electron chi connectivity index (χ1n) is 9.93. The van der Waals surface area contributed by atoms with Crippen molar-refractivity contribution in [2.24, 2.45) is 0 Å². The van der Waals surface area contributed by atoms with Gasteiger partial charge in [0.15, 0.2) is 0 Å². The summed E-state index contributed by atoms with van der Waals surface area (Å²) in [4.78, 5) is 3.07. The number of hydrogen-bond acceptors (Lipinski definition) is 5. The first-order chi connectivity index (χ1) is 14.9. The Bertz CT molecular complexity index is 1010. The maximum absolute atomic E-state index is 13.3. The van der Waals surface area contributed by atoms with E-state index < -0.39 is 10.2 Å². The number of H-pyrrole nitrogens is 1. The standard InChI is InChI=1S/C20H27Cl2N3O5S/c1-3-5-25-20-15(12-16(21)18-17(22)13-23-19(18)20)14-24(31(25,26)27)6-4-7-29-10-11-30-9-8-28-2/h3,12-13,23H,1,4-11,14H2,2H3. The Kier molecular flexibility index (Phi) is 8.63. The van der Waals surface area contributed by atoms with Crippen molar-refractivity contribution in [3.8, 4) is 0 Å². The fourth-order valence-electron chi connectivity index (χ4n) is 3.51. The number of hydrogen-bond donors (Lipinski definition) is 1. The summed E-state index contributed by atoms with van der Waals surface area (Å²) in [6, 6.07) is 1.78. The third-order valence-electron chi connectivity index (χ3n) is 4.91. The van der Waals surface area contributed by atoms with Gasteiger partial charge in [0.05, 0.1) is 54.2 Å². The molecule has 172 valence electrons. The van der Waals surface area contributed by atoms with Gasteiger partial charge in [-0.3, -0.25) is 4.31 Å². The lowest BCUT2D eigenvalue weighted by molar-refractivity contribution is 0.0236. The number of fused-ring (bicyclic) bond motifs is 3. The lowest BCUT2D eigenvalue weighted by Crippen LogP contribution is -2.48. The first kappa shape index (κ1) is 24.3. The monoisotopic (exact) mass is 491 g/mol. The molecule has 1 aromatic carbocycles. The van der Waals surface area contributed by atoms with Crippen LogP contribution in [-0.4, -0.2) is 70.9 Å². The summed E-state index contributed by atoms with van der Waals surface area (Å²) >= 11 is 12.7. The second kappa shape index (κ2) is 11.0. The molecule has 0 spiro atoms. The highest BCUT2D eigenvalue weighted by Gasteiger charge is 2.37. The summed E-state index contributed by atoms with van der Waals surface area (Å²) < 4.78 is 45.2. The van der Waals surface area contributed by atoms with Crippen LogP contribution >= 0.6 is 23.2 Å². The van der Waals surface area contributed by atoms with E-state index in [1.807, 2.05) is 0 Å². The maximum Gasteiger partial charge on any atom is 0.304 e. The van der Waals surface area contributed by atoms with Crippen molar-refractivity contribution in [3.63, 3.8) is 0 Å². The van der Waals surface area contributed by atoms with Crippen LogP contribution in [-0.2, 0) is 31.0 Å². The van der Waals surface area contributed by atoms with Gasteiger partial charge in [-0.1, -0.05) is 29.3 Å². The van der Waals surface area contributed by atoms with Crippen LogP contribution in [0.2, 0.25) is 10.0 Å². The SMILES string of the molecule is C=CCN1c2c(cc(Cl)c3c(Cl)c[nH]c23)CN(CCCOCCOCCOC)S1(=O)=O. The Hall–Kier alpha value is -1.33. The minimum absolute atomic E-state index is 0.133. The highest BCUT2D eigenvalue weighted by atomic mass is 35.5. The first-order valence-corrected chi connectivity index (χ1v) is 12.1. The molecule has 1 aromatic heterocycles. The minimum Gasteiger partial charge on any atom is -0.382 e. The van der Waals surface area contributed by atoms with E-state index in [9.17, 15) is 8.42 Å². The Morgan fingerprint density at radius 3 is 2.58 bits per heavy atom. The number of anilines is 1. The third-order valence-corrected chi connectivity index (χ3v) is 7.36. The number of ether oxygens (including phenoxy) is 3. The number of aromatic amines is 1. The van der Waals surface area contributed by atoms with Gasteiger partial charge in [0.25, 0.3) is 0 Å². The van der Waals surface area contributed by atoms with Crippen molar-refractivity contribution in [3.05, 3.63) is 40.5 Å². The molecule has 11 heteroatoms. The van der Waals surface area contributed by atoms with Crippen LogP contribution in [0.1, 0.15) is 12.0 Å². The van der Waals surface area contributed by atoms with E-state index in [1.54, 1.807) is 25.4 Å². The van der Waals surface area contributed by atoms with E-state index in [2.05, 4.69) is 11.6 Å². The third kappa shape index (κ3) is 5.36. The molecule has 31 heavy (non-hydrogen) atoms. The summed E-state index contributed by atoms with van der Waals surface area (Å²) in [5.74, 6) is 0. The molecule has 0 saturated heterocycles. The number of nitrogens with zero attached hydrogens (tertiary/aromatic N) is 2. The highest BCUT2D eigenvalue weighted by Crippen LogP contribution is 2.43. The normalized spacial score (nSPS) is 16.0. The molecule has 0 amide bonds. The molecule has 0 radical (unpaired) electrons. The molecule has 0 atom stereocenters. The van der Waals surface area contributed by atoms with Crippen LogP contribution in [0.15, 0.2) is 24.9 Å². The van der Waals surface area contributed by atoms with Gasteiger partial charge in [-0.2, -0.15) is 12.7 Å². The Morgan fingerprint density at radius 2 is 1.87 bits per heavy atom. The summed E-state index contributed by atoms with van der Waals surface area (Å²) in [5, 5.41) is 1.54. The van der Waals surface area contributed by atoms with Gasteiger partial charge in [-0.15, -0.1) is 6.58 Å². The molecule has 0 aliphatic carbocycles. The molecular formula is C20H27Cl2N3O5S. The molecule has 3 rings (SSSR count). The summed E-state index contributed by atoms with van der Waals surface area (Å²) in [7, 11) is -2.13. The Balaban J connectivity index is 1.70. The predicted molar refractivity (Wildman–Crippen MR) is 123 cm³/mol. The molecule has 0 saturated carbocycles. The topological polar surface area (TPSA) is 84.1 Å². The van der Waals surface area contributed by atoms with Crippen LogP contribution in [0.3, 0.4) is 0 Å². The van der Waals surface area contributed by atoms with E-state index in [1.165, 1.54) is 8.61 Å². The molecule has 2 aromatic rings. The van der Waals surface area contributed by atoms with Crippen LogP contribution < -0.4 is 4.31 Å². The van der Waals surface area contributed by atoms with E-state index in [0.29, 0.717) is 72.6 Å². The summed E-state index contributed by atoms with van der Waals surface area (Å²) in [5.41, 5.74) is 1.97. The zero-order valence-corrected chi connectivity index (χ0v) is 19.7. The molecule has 1 N–H and O–H groups in total. The van der Waals surface area contributed by atoms with E-state index in [0.717, 1.165) is 5.56 Å². The molecule has 1 aliphatic rings. The lowest BCUT2D eigenvalue weighted by atomic mass is 10.1. The second-order valence-corrected chi connectivity index (χ2v) is 9.65. The van der Waals surface area contributed by atoms with E-state index in [-0.39, 0.29) is 13.1 Å². The Morgan fingerprint density at radius 1 is 1.16 bits per heavy atom. The lowest BCUT2D eigenvalue weighted by Gasteiger charge is -2.37. The fraction of sp³-hybridized carbons (Fsp3) is 0.500. The van der Waals surface area contributed by atoms with Crippen LogP contribution in [0.5, 0.6) is 0 Å². The molecule has 0 unspecified atom stereocenters. The average molecular weight is 492 g/mol. The fourth-order valence-corrected chi connectivity index (χ4v) is 5.81. The number of nitrogens with one attached hydrogen (secondary N) is 1. The largest absolute Gasteiger partial charge is 0.382 e. The molecule has 8 nitrogen and oxygen atoms in total. The number of aromatic nitrogens is 1. The van der Waals surface area contributed by atoms with Crippen molar-refractivity contribution in [2.75, 3.05) is 57.5 Å². The number of halogens is 2. The van der Waals surface area contributed by atoms with Crippen molar-refractivity contribution in [1.82, 2.24) is 9.29 Å². The number of benzene rings is 1. The molecule has 0 fully saturated rings. The molecule has 1 aliphatic heterocycles. The van der Waals surface area contributed by atoms with Gasteiger partial charge >= 0.3 is 10.2 Å². The van der Waals surface area contributed by atoms with Crippen LogP contribution in [0, 0.1) is 0 Å². The smallest absolute Gasteiger partial charge is 0.304 e. The van der Waals surface area contributed by atoms with Crippen LogP contribution in [0.25, 0.3) is 10.9 Å². The van der Waals surface area contributed by atoms with Gasteiger partial charge in [0, 0.05) is 38.4 Å². The number of rotatable bonds is 12. The zero-order chi connectivity index (χ0) is 22.4. The predicted octanol–water partition coefficient (Wildman–Crippen LogP) is 3.60. The van der Waals surface area contributed by atoms with Crippen molar-refractivity contribution in [1.29, 1.82) is 0 Å². The van der Waals surface area contributed by atoms with E-state index in [4.69, 9.17) is 37.4 Å². The van der Waals surface area contributed by atoms with Gasteiger partial charge in [0.1, 0.15) is 0 Å². The summed E-state index contributed by atoms with van der Waals surface area (Å²) in [6.07, 6.45) is 3.72. The molecule has 0 bridgehead atoms. The van der Waals surface area contributed by atoms with Crippen LogP contribution in [0.4, 0.5) is 5.69 Å². The van der Waals surface area contributed by atoms with E-state index >= 15 is 0 Å². The van der Waals surface area contributed by atoms with Gasteiger partial charge in [0.2, 0.25) is 0 Å². The quantitative estimate of drug-likeness (QED) is 0.362. The van der Waals surface area contributed by atoms with Crippen molar-refractivity contribution >= 4 is 50.0 Å². The second-order valence-electron chi connectivity index (χ2n) is 6.98. The molecular weight excluding hydrogens is 465 g/mol. The zero-order valence-electron chi connectivity index (χ0n) is 17.4. The number of methoxy groups -OCH3 is 1. The Labute approximate surface area is 192 Å². The van der Waals surface area contributed by atoms with Gasteiger partial charge in [-0.05, 0) is 18.1 Å². The maximum atomic E-state index is 13.3. The van der Waals surface area contributed by atoms with Gasteiger partial charge in [-0.25, -0.2) is 0 Å². The average Bonchev–Trinajstić information content (AvgIpc) is 3.12. The highest BCUT2D eigenvalue weighted by molar-refractivity contribution is 7.90. The van der Waals surface area contributed by atoms with Gasteiger partial charge < -0.3 is 19.2 Å².